The Labute approximate surface area is 198 Å². The summed E-state index contributed by atoms with van der Waals surface area (Å²) in [6.45, 7) is 8.16. The second-order valence-corrected chi connectivity index (χ2v) is 9.09. The molecule has 2 saturated heterocycles. The van der Waals surface area contributed by atoms with Crippen LogP contribution in [0.25, 0.3) is 11.3 Å². The highest BCUT2D eigenvalue weighted by Gasteiger charge is 2.28. The van der Waals surface area contributed by atoms with Crippen LogP contribution in [-0.2, 0) is 0 Å². The van der Waals surface area contributed by atoms with E-state index in [9.17, 15) is 4.39 Å². The first kappa shape index (κ1) is 21.8. The molecule has 4 heterocycles. The molecule has 2 aromatic heterocycles. The van der Waals surface area contributed by atoms with Crippen molar-refractivity contribution in [3.63, 3.8) is 0 Å². The Morgan fingerprint density at radius 1 is 0.970 bits per heavy atom. The third-order valence-electron chi connectivity index (χ3n) is 6.40. The predicted octanol–water partition coefficient (Wildman–Crippen LogP) is 4.35. The highest BCUT2D eigenvalue weighted by atomic mass is 35.5. The number of anilines is 3. The van der Waals surface area contributed by atoms with Crippen LogP contribution in [0.3, 0.4) is 0 Å². The number of halogens is 2. The molecular formula is C24H27ClFN7. The number of piperazine rings is 1. The maximum Gasteiger partial charge on any atom is 0.227 e. The topological polar surface area (TPSA) is 61.3 Å². The van der Waals surface area contributed by atoms with Gasteiger partial charge in [0.2, 0.25) is 5.95 Å². The van der Waals surface area contributed by atoms with E-state index in [1.165, 1.54) is 6.07 Å². The monoisotopic (exact) mass is 467 g/mol. The van der Waals surface area contributed by atoms with E-state index in [4.69, 9.17) is 21.6 Å². The van der Waals surface area contributed by atoms with Gasteiger partial charge in [-0.15, -0.1) is 0 Å². The van der Waals surface area contributed by atoms with Crippen LogP contribution in [-0.4, -0.2) is 58.7 Å². The summed E-state index contributed by atoms with van der Waals surface area (Å²) < 4.78 is 13.9. The third kappa shape index (κ3) is 4.44. The summed E-state index contributed by atoms with van der Waals surface area (Å²) in [6.07, 6.45) is 5.56. The molecule has 7 nitrogen and oxygen atoms in total. The molecule has 2 fully saturated rings. The maximum atomic E-state index is 13.9. The Bertz CT molecular complexity index is 1150. The standard InChI is InChI=1S/C24H27ClFN7/c1-16-13-18(5-6-19(16)26)20-14-21(30-24(29-20)31-9-3-4-10-31)33-12-11-32(15-17(33)2)23-22(25)27-7-8-28-23/h5-8,13-14,17H,3-4,9-12,15H2,1-2H3. The van der Waals surface area contributed by atoms with Crippen molar-refractivity contribution in [2.24, 2.45) is 0 Å². The molecule has 33 heavy (non-hydrogen) atoms. The maximum absolute atomic E-state index is 13.9. The SMILES string of the molecule is Cc1cc(-c2cc(N3CCN(c4nccnc4Cl)CC3C)nc(N3CCCC3)n2)ccc1F. The summed E-state index contributed by atoms with van der Waals surface area (Å²) in [5.41, 5.74) is 2.32. The molecule has 0 aliphatic carbocycles. The van der Waals surface area contributed by atoms with Crippen LogP contribution in [0.1, 0.15) is 25.3 Å². The zero-order valence-electron chi connectivity index (χ0n) is 18.9. The van der Waals surface area contributed by atoms with Crippen molar-refractivity contribution < 1.29 is 4.39 Å². The number of rotatable bonds is 4. The van der Waals surface area contributed by atoms with E-state index in [0.717, 1.165) is 68.6 Å². The largest absolute Gasteiger partial charge is 0.350 e. The molecule has 2 aliphatic rings. The van der Waals surface area contributed by atoms with Crippen molar-refractivity contribution in [3.8, 4) is 11.3 Å². The first-order valence-corrected chi connectivity index (χ1v) is 11.8. The van der Waals surface area contributed by atoms with Gasteiger partial charge in [0.15, 0.2) is 11.0 Å². The third-order valence-corrected chi connectivity index (χ3v) is 6.67. The number of hydrogen-bond acceptors (Lipinski definition) is 7. The minimum Gasteiger partial charge on any atom is -0.350 e. The molecule has 2 aliphatic heterocycles. The Morgan fingerprint density at radius 3 is 2.48 bits per heavy atom. The summed E-state index contributed by atoms with van der Waals surface area (Å²) in [5.74, 6) is 2.14. The van der Waals surface area contributed by atoms with E-state index in [-0.39, 0.29) is 11.9 Å². The molecule has 0 saturated carbocycles. The van der Waals surface area contributed by atoms with Crippen molar-refractivity contribution in [2.45, 2.75) is 32.7 Å². The molecule has 0 bridgehead atoms. The molecule has 0 N–H and O–H groups in total. The zero-order chi connectivity index (χ0) is 22.9. The Balaban J connectivity index is 1.47. The fraction of sp³-hybridized carbons (Fsp3) is 0.417. The number of aromatic nitrogens is 4. The van der Waals surface area contributed by atoms with E-state index < -0.39 is 0 Å². The van der Waals surface area contributed by atoms with Gasteiger partial charge in [0.05, 0.1) is 5.69 Å². The van der Waals surface area contributed by atoms with E-state index in [1.54, 1.807) is 25.4 Å². The Kier molecular flexibility index (Phi) is 6.01. The second-order valence-electron chi connectivity index (χ2n) is 8.73. The fourth-order valence-corrected chi connectivity index (χ4v) is 4.82. The summed E-state index contributed by atoms with van der Waals surface area (Å²) in [5, 5.41) is 0.422. The van der Waals surface area contributed by atoms with E-state index in [0.29, 0.717) is 16.5 Å². The van der Waals surface area contributed by atoms with Crippen molar-refractivity contribution in [1.82, 2.24) is 19.9 Å². The number of hydrogen-bond donors (Lipinski definition) is 0. The molecule has 0 radical (unpaired) electrons. The summed E-state index contributed by atoms with van der Waals surface area (Å²) in [7, 11) is 0. The van der Waals surface area contributed by atoms with Gasteiger partial charge in [-0.05, 0) is 50.5 Å². The van der Waals surface area contributed by atoms with Gasteiger partial charge in [-0.25, -0.2) is 19.3 Å². The van der Waals surface area contributed by atoms with Crippen LogP contribution in [0.2, 0.25) is 5.15 Å². The lowest BCUT2D eigenvalue weighted by molar-refractivity contribution is 0.542. The van der Waals surface area contributed by atoms with Crippen molar-refractivity contribution >= 4 is 29.2 Å². The fourth-order valence-electron chi connectivity index (χ4n) is 4.60. The number of nitrogens with zero attached hydrogens (tertiary/aromatic N) is 7. The van der Waals surface area contributed by atoms with Crippen LogP contribution in [0.4, 0.5) is 22.0 Å². The lowest BCUT2D eigenvalue weighted by Crippen LogP contribution is -2.52. The number of benzene rings is 1. The van der Waals surface area contributed by atoms with E-state index in [2.05, 4.69) is 31.6 Å². The van der Waals surface area contributed by atoms with Gasteiger partial charge < -0.3 is 14.7 Å². The number of aryl methyl sites for hydroxylation is 1. The molecule has 172 valence electrons. The molecule has 0 amide bonds. The average Bonchev–Trinajstić information content (AvgIpc) is 3.36. The molecule has 0 spiro atoms. The molecular weight excluding hydrogens is 441 g/mol. The van der Waals surface area contributed by atoms with Crippen LogP contribution >= 0.6 is 11.6 Å². The summed E-state index contributed by atoms with van der Waals surface area (Å²) in [6, 6.07) is 7.36. The van der Waals surface area contributed by atoms with Gasteiger partial charge >= 0.3 is 0 Å². The molecule has 1 atom stereocenters. The smallest absolute Gasteiger partial charge is 0.227 e. The zero-order valence-corrected chi connectivity index (χ0v) is 19.6. The van der Waals surface area contributed by atoms with Gasteiger partial charge in [0, 0.05) is 62.8 Å². The molecule has 1 aromatic carbocycles. The van der Waals surface area contributed by atoms with Crippen LogP contribution in [0, 0.1) is 12.7 Å². The van der Waals surface area contributed by atoms with E-state index in [1.807, 2.05) is 12.1 Å². The van der Waals surface area contributed by atoms with Gasteiger partial charge in [0.1, 0.15) is 11.6 Å². The van der Waals surface area contributed by atoms with Crippen molar-refractivity contribution in [3.05, 3.63) is 53.2 Å². The lowest BCUT2D eigenvalue weighted by atomic mass is 10.1. The average molecular weight is 468 g/mol. The van der Waals surface area contributed by atoms with Gasteiger partial charge in [-0.1, -0.05) is 11.6 Å². The van der Waals surface area contributed by atoms with Gasteiger partial charge in [-0.2, -0.15) is 4.98 Å². The van der Waals surface area contributed by atoms with Crippen molar-refractivity contribution in [1.29, 1.82) is 0 Å². The molecule has 1 unspecified atom stereocenters. The van der Waals surface area contributed by atoms with Gasteiger partial charge in [0.25, 0.3) is 0 Å². The van der Waals surface area contributed by atoms with Gasteiger partial charge in [-0.3, -0.25) is 0 Å². The Morgan fingerprint density at radius 2 is 1.76 bits per heavy atom. The first-order chi connectivity index (χ1) is 16.0. The Hall–Kier alpha value is -3.00. The lowest BCUT2D eigenvalue weighted by Gasteiger charge is -2.41. The van der Waals surface area contributed by atoms with Crippen LogP contribution in [0.5, 0.6) is 0 Å². The normalized spacial score (nSPS) is 18.8. The highest BCUT2D eigenvalue weighted by Crippen LogP contribution is 2.30. The first-order valence-electron chi connectivity index (χ1n) is 11.4. The highest BCUT2D eigenvalue weighted by molar-refractivity contribution is 6.31. The van der Waals surface area contributed by atoms with Crippen molar-refractivity contribution in [2.75, 3.05) is 47.4 Å². The minimum absolute atomic E-state index is 0.181. The minimum atomic E-state index is -0.208. The summed E-state index contributed by atoms with van der Waals surface area (Å²) >= 11 is 6.28. The molecule has 3 aromatic rings. The predicted molar refractivity (Wildman–Crippen MR) is 130 cm³/mol. The molecule has 5 rings (SSSR count). The van der Waals surface area contributed by atoms with E-state index >= 15 is 0 Å². The van der Waals surface area contributed by atoms with Crippen LogP contribution < -0.4 is 14.7 Å². The van der Waals surface area contributed by atoms with Crippen LogP contribution in [0.15, 0.2) is 36.7 Å². The second kappa shape index (κ2) is 9.09. The summed E-state index contributed by atoms with van der Waals surface area (Å²) in [4.78, 5) is 25.1. The quantitative estimate of drug-likeness (QED) is 0.565. The molecule has 9 heteroatoms.